The maximum absolute atomic E-state index is 12.6. The number of hydrogen-bond donors (Lipinski definition) is 1. The number of nitrogens with one attached hydrogen (secondary N) is 1. The molecular formula is C16H25NO3S. The van der Waals surface area contributed by atoms with E-state index >= 15 is 0 Å². The van der Waals surface area contributed by atoms with Crippen LogP contribution in [0.4, 0.5) is 0 Å². The molecule has 21 heavy (non-hydrogen) atoms. The minimum Gasteiger partial charge on any atom is -0.494 e. The molecule has 118 valence electrons. The lowest BCUT2D eigenvalue weighted by Gasteiger charge is -2.25. The van der Waals surface area contributed by atoms with Crippen LogP contribution in [-0.2, 0) is 15.5 Å². The molecule has 0 saturated carbocycles. The van der Waals surface area contributed by atoms with Gasteiger partial charge in [-0.2, -0.15) is 0 Å². The predicted molar refractivity (Wildman–Crippen MR) is 86.3 cm³/mol. The van der Waals surface area contributed by atoms with E-state index in [2.05, 4.69) is 5.32 Å². The van der Waals surface area contributed by atoms with Gasteiger partial charge in [0.25, 0.3) is 0 Å². The Morgan fingerprint density at radius 1 is 1.38 bits per heavy atom. The van der Waals surface area contributed by atoms with Crippen LogP contribution in [0.2, 0.25) is 0 Å². The van der Waals surface area contributed by atoms with Crippen LogP contribution >= 0.6 is 0 Å². The van der Waals surface area contributed by atoms with Crippen LogP contribution in [0.3, 0.4) is 0 Å². The fourth-order valence-corrected chi connectivity index (χ4v) is 4.29. The molecule has 1 fully saturated rings. The molecule has 1 N–H and O–H groups in total. The van der Waals surface area contributed by atoms with Gasteiger partial charge in [-0.3, -0.25) is 4.21 Å². The summed E-state index contributed by atoms with van der Waals surface area (Å²) in [6, 6.07) is 8.04. The molecule has 1 aliphatic heterocycles. The second kappa shape index (κ2) is 8.51. The Morgan fingerprint density at radius 3 is 2.76 bits per heavy atom. The summed E-state index contributed by atoms with van der Waals surface area (Å²) in [6.07, 6.45) is 1.80. The van der Waals surface area contributed by atoms with Crippen molar-refractivity contribution in [2.24, 2.45) is 0 Å². The van der Waals surface area contributed by atoms with E-state index in [0.717, 1.165) is 37.4 Å². The average molecular weight is 311 g/mol. The summed E-state index contributed by atoms with van der Waals surface area (Å²) in [7, 11) is 1.06. The van der Waals surface area contributed by atoms with Crippen LogP contribution in [0.25, 0.3) is 0 Å². The van der Waals surface area contributed by atoms with Gasteiger partial charge in [0.1, 0.15) is 5.75 Å². The van der Waals surface area contributed by atoms with Crippen molar-refractivity contribution >= 4 is 10.8 Å². The van der Waals surface area contributed by atoms with Gasteiger partial charge in [0.2, 0.25) is 0 Å². The second-order valence-corrected chi connectivity index (χ2v) is 6.93. The molecule has 1 aromatic rings. The Kier molecular flexibility index (Phi) is 6.67. The maximum Gasteiger partial charge on any atom is 0.124 e. The van der Waals surface area contributed by atoms with Crippen molar-refractivity contribution in [3.8, 4) is 5.75 Å². The van der Waals surface area contributed by atoms with E-state index in [1.165, 1.54) is 0 Å². The standard InChI is InChI=1S/C16H25NO3S/c1-3-20-16-7-5-4-6-14(16)15(17-2)12-21(18)13-8-10-19-11-9-13/h4-7,13,15,17H,3,8-12H2,1-2H3. The SMILES string of the molecule is CCOc1ccccc1C(CS(=O)C1CCOCC1)NC. The maximum atomic E-state index is 12.6. The van der Waals surface area contributed by atoms with Crippen LogP contribution in [0.1, 0.15) is 31.4 Å². The van der Waals surface area contributed by atoms with Gasteiger partial charge in [-0.05, 0) is 32.9 Å². The minimum absolute atomic E-state index is 0.0522. The quantitative estimate of drug-likeness (QED) is 0.839. The fraction of sp³-hybridized carbons (Fsp3) is 0.625. The van der Waals surface area contributed by atoms with Gasteiger partial charge in [0.05, 0.1) is 6.61 Å². The van der Waals surface area contributed by atoms with Gasteiger partial charge in [0.15, 0.2) is 0 Å². The van der Waals surface area contributed by atoms with E-state index in [1.54, 1.807) is 0 Å². The van der Waals surface area contributed by atoms with E-state index in [-0.39, 0.29) is 11.3 Å². The number of hydrogen-bond acceptors (Lipinski definition) is 4. The highest BCUT2D eigenvalue weighted by atomic mass is 32.2. The minimum atomic E-state index is -0.847. The summed E-state index contributed by atoms with van der Waals surface area (Å²) in [5.41, 5.74) is 1.09. The van der Waals surface area contributed by atoms with Gasteiger partial charge in [-0.15, -0.1) is 0 Å². The van der Waals surface area contributed by atoms with Crippen molar-refractivity contribution in [1.82, 2.24) is 5.32 Å². The molecule has 0 aromatic heterocycles. The second-order valence-electron chi connectivity index (χ2n) is 5.17. The molecule has 2 unspecified atom stereocenters. The van der Waals surface area contributed by atoms with Crippen molar-refractivity contribution in [3.05, 3.63) is 29.8 Å². The number of ether oxygens (including phenoxy) is 2. The average Bonchev–Trinajstić information content (AvgIpc) is 2.54. The van der Waals surface area contributed by atoms with Gasteiger partial charge in [-0.1, -0.05) is 18.2 Å². The number of para-hydroxylation sites is 1. The van der Waals surface area contributed by atoms with E-state index in [9.17, 15) is 4.21 Å². The van der Waals surface area contributed by atoms with Crippen LogP contribution in [0.5, 0.6) is 5.75 Å². The lowest BCUT2D eigenvalue weighted by atomic mass is 10.1. The van der Waals surface area contributed by atoms with Crippen LogP contribution in [0.15, 0.2) is 24.3 Å². The Balaban J connectivity index is 2.07. The van der Waals surface area contributed by atoms with Crippen molar-refractivity contribution < 1.29 is 13.7 Å². The molecule has 0 amide bonds. The third-order valence-electron chi connectivity index (χ3n) is 3.81. The van der Waals surface area contributed by atoms with Gasteiger partial charge >= 0.3 is 0 Å². The zero-order chi connectivity index (χ0) is 15.1. The van der Waals surface area contributed by atoms with Crippen molar-refractivity contribution in [2.75, 3.05) is 32.6 Å². The first-order valence-corrected chi connectivity index (χ1v) is 8.98. The van der Waals surface area contributed by atoms with E-state index in [0.29, 0.717) is 12.4 Å². The zero-order valence-corrected chi connectivity index (χ0v) is 13.7. The molecular weight excluding hydrogens is 286 g/mol. The Bertz CT molecular complexity index is 461. The van der Waals surface area contributed by atoms with Crippen molar-refractivity contribution in [3.63, 3.8) is 0 Å². The Labute approximate surface area is 129 Å². The van der Waals surface area contributed by atoms with Crippen LogP contribution < -0.4 is 10.1 Å². The highest BCUT2D eigenvalue weighted by molar-refractivity contribution is 7.85. The number of benzene rings is 1. The summed E-state index contributed by atoms with van der Waals surface area (Å²) in [5, 5.41) is 3.54. The van der Waals surface area contributed by atoms with Gasteiger partial charge < -0.3 is 14.8 Å². The zero-order valence-electron chi connectivity index (χ0n) is 12.8. The smallest absolute Gasteiger partial charge is 0.124 e. The normalized spacial score (nSPS) is 19.1. The fourth-order valence-electron chi connectivity index (χ4n) is 2.62. The lowest BCUT2D eigenvalue weighted by molar-refractivity contribution is 0.0992. The molecule has 4 nitrogen and oxygen atoms in total. The summed E-state index contributed by atoms with van der Waals surface area (Å²) in [6.45, 7) is 4.08. The summed E-state index contributed by atoms with van der Waals surface area (Å²) in [4.78, 5) is 0. The first-order chi connectivity index (χ1) is 10.3. The summed E-state index contributed by atoms with van der Waals surface area (Å²) >= 11 is 0. The monoisotopic (exact) mass is 311 g/mol. The number of rotatable bonds is 7. The van der Waals surface area contributed by atoms with Crippen molar-refractivity contribution in [2.45, 2.75) is 31.1 Å². The molecule has 0 bridgehead atoms. The summed E-state index contributed by atoms with van der Waals surface area (Å²) < 4.78 is 23.6. The lowest BCUT2D eigenvalue weighted by Crippen LogP contribution is -2.31. The van der Waals surface area contributed by atoms with E-state index < -0.39 is 10.8 Å². The molecule has 5 heteroatoms. The third kappa shape index (κ3) is 4.53. The van der Waals surface area contributed by atoms with Gasteiger partial charge in [0, 0.05) is 46.6 Å². The Morgan fingerprint density at radius 2 is 2.10 bits per heavy atom. The molecule has 1 saturated heterocycles. The molecule has 0 spiro atoms. The van der Waals surface area contributed by atoms with E-state index in [4.69, 9.17) is 9.47 Å². The molecule has 1 aromatic carbocycles. The summed E-state index contributed by atoms with van der Waals surface area (Å²) in [5.74, 6) is 1.49. The molecule has 0 radical (unpaired) electrons. The highest BCUT2D eigenvalue weighted by Gasteiger charge is 2.24. The highest BCUT2D eigenvalue weighted by Crippen LogP contribution is 2.27. The molecule has 2 atom stereocenters. The molecule has 1 aliphatic rings. The Hall–Kier alpha value is -0.910. The van der Waals surface area contributed by atoms with Gasteiger partial charge in [-0.25, -0.2) is 0 Å². The predicted octanol–water partition coefficient (Wildman–Crippen LogP) is 2.27. The first kappa shape index (κ1) is 16.5. The first-order valence-electron chi connectivity index (χ1n) is 7.60. The third-order valence-corrected chi connectivity index (χ3v) is 5.69. The molecule has 0 aliphatic carbocycles. The van der Waals surface area contributed by atoms with Crippen LogP contribution in [0, 0.1) is 0 Å². The largest absolute Gasteiger partial charge is 0.494 e. The molecule has 1 heterocycles. The molecule has 2 rings (SSSR count). The topological polar surface area (TPSA) is 47.6 Å². The van der Waals surface area contributed by atoms with E-state index in [1.807, 2.05) is 38.2 Å². The van der Waals surface area contributed by atoms with Crippen LogP contribution in [-0.4, -0.2) is 42.1 Å². The van der Waals surface area contributed by atoms with Crippen molar-refractivity contribution in [1.29, 1.82) is 0 Å².